The lowest BCUT2D eigenvalue weighted by Gasteiger charge is -2.17. The second-order valence-electron chi connectivity index (χ2n) is 5.35. The monoisotopic (exact) mass is 338 g/mol. The van der Waals surface area contributed by atoms with Crippen LogP contribution in [0.4, 0.5) is 5.69 Å². The van der Waals surface area contributed by atoms with Crippen LogP contribution in [0.5, 0.6) is 11.5 Å². The minimum Gasteiger partial charge on any atom is -0.493 e. The third-order valence-electron chi connectivity index (χ3n) is 3.85. The van der Waals surface area contributed by atoms with Crippen LogP contribution < -0.4 is 14.4 Å². The van der Waals surface area contributed by atoms with Gasteiger partial charge in [-0.05, 0) is 12.1 Å². The molecule has 0 N–H and O–H groups in total. The van der Waals surface area contributed by atoms with E-state index < -0.39 is 0 Å². The van der Waals surface area contributed by atoms with Gasteiger partial charge in [0.25, 0.3) is 5.91 Å². The van der Waals surface area contributed by atoms with Gasteiger partial charge in [0.2, 0.25) is 0 Å². The number of ether oxygens (including phenoxy) is 2. The lowest BCUT2D eigenvalue weighted by Crippen LogP contribution is -2.26. The molecular weight excluding hydrogens is 320 g/mol. The lowest BCUT2D eigenvalue weighted by molar-refractivity contribution is 0.0984. The van der Waals surface area contributed by atoms with Crippen molar-refractivity contribution < 1.29 is 18.8 Å². The van der Waals surface area contributed by atoms with Gasteiger partial charge in [0.05, 0.1) is 14.2 Å². The van der Waals surface area contributed by atoms with Crippen LogP contribution in [0, 0.1) is 0 Å². The molecule has 0 bridgehead atoms. The van der Waals surface area contributed by atoms with E-state index in [1.807, 2.05) is 30.3 Å². The normalized spacial score (nSPS) is 10.4. The highest BCUT2D eigenvalue weighted by molar-refractivity contribution is 6.04. The van der Waals surface area contributed by atoms with Gasteiger partial charge in [-0.1, -0.05) is 35.5 Å². The predicted octanol–water partition coefficient (Wildman–Crippen LogP) is 3.64. The molecule has 0 unspecified atom stereocenters. The topological polar surface area (TPSA) is 64.8 Å². The van der Waals surface area contributed by atoms with E-state index in [9.17, 15) is 4.79 Å². The molecular formula is C19H18N2O4. The summed E-state index contributed by atoms with van der Waals surface area (Å²) in [6.45, 7) is 0. The molecule has 1 amide bonds. The number of anilines is 1. The maximum absolute atomic E-state index is 12.7. The van der Waals surface area contributed by atoms with Crippen molar-refractivity contribution in [2.45, 2.75) is 0 Å². The summed E-state index contributed by atoms with van der Waals surface area (Å²) in [5.74, 6) is 1.41. The first-order valence-corrected chi connectivity index (χ1v) is 7.66. The first kappa shape index (κ1) is 16.6. The van der Waals surface area contributed by atoms with Crippen molar-refractivity contribution in [2.24, 2.45) is 0 Å². The maximum atomic E-state index is 12.7. The van der Waals surface area contributed by atoms with E-state index in [1.165, 1.54) is 4.90 Å². The fourth-order valence-corrected chi connectivity index (χ4v) is 2.44. The number of amides is 1. The molecule has 0 saturated heterocycles. The summed E-state index contributed by atoms with van der Waals surface area (Å²) in [4.78, 5) is 14.2. The summed E-state index contributed by atoms with van der Waals surface area (Å²) in [6.07, 6.45) is 0. The number of benzene rings is 2. The van der Waals surface area contributed by atoms with Crippen LogP contribution in [0.2, 0.25) is 0 Å². The average Bonchev–Trinajstić information content (AvgIpc) is 3.17. The molecule has 3 aromatic rings. The minimum absolute atomic E-state index is 0.233. The molecule has 0 aliphatic carbocycles. The third kappa shape index (κ3) is 3.33. The highest BCUT2D eigenvalue weighted by atomic mass is 16.5. The first-order valence-electron chi connectivity index (χ1n) is 7.66. The van der Waals surface area contributed by atoms with Crippen LogP contribution >= 0.6 is 0 Å². The van der Waals surface area contributed by atoms with Crippen LogP contribution in [-0.4, -0.2) is 32.3 Å². The summed E-state index contributed by atoms with van der Waals surface area (Å²) in [5.41, 5.74) is 1.76. The zero-order valence-electron chi connectivity index (χ0n) is 14.2. The highest BCUT2D eigenvalue weighted by Crippen LogP contribution is 2.31. The van der Waals surface area contributed by atoms with Gasteiger partial charge < -0.3 is 18.9 Å². The molecule has 2 aromatic carbocycles. The van der Waals surface area contributed by atoms with Gasteiger partial charge in [-0.3, -0.25) is 4.79 Å². The molecule has 25 heavy (non-hydrogen) atoms. The predicted molar refractivity (Wildman–Crippen MR) is 94.2 cm³/mol. The number of carbonyl (C=O) groups excluding carboxylic acids is 1. The number of hydrogen-bond donors (Lipinski definition) is 0. The SMILES string of the molecule is COc1ccc(N(C)C(=O)c2cc(-c3ccccc3)on2)cc1OC. The second kappa shape index (κ2) is 7.09. The molecule has 6 heteroatoms. The molecule has 128 valence electrons. The molecule has 1 aromatic heterocycles. The molecule has 3 rings (SSSR count). The molecule has 0 aliphatic rings. The Kier molecular flexibility index (Phi) is 4.70. The van der Waals surface area contributed by atoms with Gasteiger partial charge in [-0.15, -0.1) is 0 Å². The minimum atomic E-state index is -0.279. The summed E-state index contributed by atoms with van der Waals surface area (Å²) < 4.78 is 15.8. The van der Waals surface area contributed by atoms with E-state index in [0.717, 1.165) is 5.56 Å². The van der Waals surface area contributed by atoms with E-state index in [0.29, 0.717) is 22.9 Å². The number of hydrogen-bond acceptors (Lipinski definition) is 5. The number of nitrogens with zero attached hydrogens (tertiary/aromatic N) is 2. The molecule has 0 spiro atoms. The van der Waals surface area contributed by atoms with E-state index in [1.54, 1.807) is 45.5 Å². The van der Waals surface area contributed by atoms with Crippen molar-refractivity contribution in [1.82, 2.24) is 5.16 Å². The maximum Gasteiger partial charge on any atom is 0.280 e. The van der Waals surface area contributed by atoms with E-state index in [4.69, 9.17) is 14.0 Å². The fraction of sp³-hybridized carbons (Fsp3) is 0.158. The Morgan fingerprint density at radius 1 is 1.00 bits per heavy atom. The molecule has 0 atom stereocenters. The van der Waals surface area contributed by atoms with Gasteiger partial charge in [0.1, 0.15) is 0 Å². The molecule has 0 radical (unpaired) electrons. The van der Waals surface area contributed by atoms with E-state index in [2.05, 4.69) is 5.16 Å². The van der Waals surface area contributed by atoms with Gasteiger partial charge in [0.15, 0.2) is 23.0 Å². The molecule has 6 nitrogen and oxygen atoms in total. The molecule has 0 fully saturated rings. The van der Waals surface area contributed by atoms with Crippen LogP contribution in [0.25, 0.3) is 11.3 Å². The standard InChI is InChI=1S/C19H18N2O4/c1-21(14-9-10-16(23-2)18(11-14)24-3)19(22)15-12-17(25-20-15)13-7-5-4-6-8-13/h4-12H,1-3H3. The van der Waals surface area contributed by atoms with Crippen molar-refractivity contribution >= 4 is 11.6 Å². The fourth-order valence-electron chi connectivity index (χ4n) is 2.44. The largest absolute Gasteiger partial charge is 0.493 e. The highest BCUT2D eigenvalue weighted by Gasteiger charge is 2.20. The molecule has 1 heterocycles. The Morgan fingerprint density at radius 2 is 1.72 bits per heavy atom. The van der Waals surface area contributed by atoms with E-state index in [-0.39, 0.29) is 11.6 Å². The number of carbonyl (C=O) groups is 1. The zero-order chi connectivity index (χ0) is 17.8. The van der Waals surface area contributed by atoms with Crippen molar-refractivity contribution in [3.05, 3.63) is 60.3 Å². The van der Waals surface area contributed by atoms with E-state index >= 15 is 0 Å². The van der Waals surface area contributed by atoms with Gasteiger partial charge >= 0.3 is 0 Å². The third-order valence-corrected chi connectivity index (χ3v) is 3.85. The van der Waals surface area contributed by atoms with Crippen LogP contribution in [0.15, 0.2) is 59.1 Å². The van der Waals surface area contributed by atoms with Crippen LogP contribution in [0.1, 0.15) is 10.5 Å². The zero-order valence-corrected chi connectivity index (χ0v) is 14.2. The van der Waals surface area contributed by atoms with Crippen molar-refractivity contribution in [2.75, 3.05) is 26.2 Å². The first-order chi connectivity index (χ1) is 12.1. The van der Waals surface area contributed by atoms with Crippen molar-refractivity contribution in [3.63, 3.8) is 0 Å². The number of methoxy groups -OCH3 is 2. The second-order valence-corrected chi connectivity index (χ2v) is 5.35. The van der Waals surface area contributed by atoms with Gasteiger partial charge in [0, 0.05) is 30.4 Å². The average molecular weight is 338 g/mol. The number of aromatic nitrogens is 1. The Labute approximate surface area is 145 Å². The van der Waals surface area contributed by atoms with Gasteiger partial charge in [-0.25, -0.2) is 0 Å². The summed E-state index contributed by atoms with van der Waals surface area (Å²) >= 11 is 0. The summed E-state index contributed by atoms with van der Waals surface area (Å²) in [5, 5.41) is 3.89. The summed E-state index contributed by atoms with van der Waals surface area (Å²) in [6, 6.07) is 16.4. The van der Waals surface area contributed by atoms with Gasteiger partial charge in [-0.2, -0.15) is 0 Å². The Hall–Kier alpha value is -3.28. The van der Waals surface area contributed by atoms with Crippen molar-refractivity contribution in [1.29, 1.82) is 0 Å². The Morgan fingerprint density at radius 3 is 2.40 bits per heavy atom. The Bertz CT molecular complexity index is 874. The lowest BCUT2D eigenvalue weighted by atomic mass is 10.1. The number of rotatable bonds is 5. The van der Waals surface area contributed by atoms with Crippen LogP contribution in [0.3, 0.4) is 0 Å². The molecule has 0 saturated carbocycles. The summed E-state index contributed by atoms with van der Waals surface area (Å²) in [7, 11) is 4.78. The smallest absolute Gasteiger partial charge is 0.280 e. The van der Waals surface area contributed by atoms with Crippen molar-refractivity contribution in [3.8, 4) is 22.8 Å². The van der Waals surface area contributed by atoms with Crippen LogP contribution in [-0.2, 0) is 0 Å². The quantitative estimate of drug-likeness (QED) is 0.711. The Balaban J connectivity index is 1.85. The molecule has 0 aliphatic heterocycles.